The zero-order valence-electron chi connectivity index (χ0n) is 9.66. The summed E-state index contributed by atoms with van der Waals surface area (Å²) in [5, 5.41) is 6.31. The van der Waals surface area contributed by atoms with E-state index in [-0.39, 0.29) is 18.4 Å². The zero-order chi connectivity index (χ0) is 12.3. The molecule has 1 N–H and O–H groups in total. The Labute approximate surface area is 100 Å². The molecule has 1 unspecified atom stereocenters. The monoisotopic (exact) mass is 260 g/mol. The molecule has 1 fully saturated rings. The van der Waals surface area contributed by atoms with Gasteiger partial charge < -0.3 is 4.74 Å². The van der Waals surface area contributed by atoms with Crippen LogP contribution in [-0.2, 0) is 21.3 Å². The molecule has 1 aromatic heterocycles. The largest absolute Gasteiger partial charge is 0.377 e. The molecule has 0 aliphatic carbocycles. The molecule has 17 heavy (non-hydrogen) atoms. The van der Waals surface area contributed by atoms with E-state index in [9.17, 15) is 8.42 Å². The first kappa shape index (κ1) is 12.5. The highest BCUT2D eigenvalue weighted by Gasteiger charge is 2.26. The van der Waals surface area contributed by atoms with Crippen molar-refractivity contribution in [1.29, 1.82) is 0 Å². The van der Waals surface area contributed by atoms with Crippen molar-refractivity contribution in [3.63, 3.8) is 0 Å². The normalized spacial score (nSPS) is 21.2. The minimum absolute atomic E-state index is 0.0393. The van der Waals surface area contributed by atoms with Gasteiger partial charge in [-0.1, -0.05) is 0 Å². The van der Waals surface area contributed by atoms with E-state index >= 15 is 0 Å². The lowest BCUT2D eigenvalue weighted by Crippen LogP contribution is -2.33. The topological polar surface area (TPSA) is 88.2 Å². The number of H-pyrrole nitrogens is 1. The minimum atomic E-state index is -3.30. The van der Waals surface area contributed by atoms with Crippen LogP contribution in [0.2, 0.25) is 0 Å². The Morgan fingerprint density at radius 2 is 2.47 bits per heavy atom. The second-order valence-electron chi connectivity index (χ2n) is 4.10. The molecule has 7 nitrogen and oxygen atoms in total. The summed E-state index contributed by atoms with van der Waals surface area (Å²) in [5.74, 6) is 0.570. The fourth-order valence-electron chi connectivity index (χ4n) is 1.75. The molecule has 1 aliphatic heterocycles. The van der Waals surface area contributed by atoms with Gasteiger partial charge in [-0.3, -0.25) is 5.10 Å². The number of hydrogen-bond donors (Lipinski definition) is 1. The lowest BCUT2D eigenvalue weighted by atomic mass is 10.3. The molecule has 1 aliphatic rings. The average molecular weight is 260 g/mol. The van der Waals surface area contributed by atoms with Gasteiger partial charge in [0.05, 0.1) is 18.4 Å². The number of rotatable bonds is 5. The van der Waals surface area contributed by atoms with Crippen LogP contribution in [0, 0.1) is 0 Å². The molecular formula is C9H16N4O3S. The summed E-state index contributed by atoms with van der Waals surface area (Å²) in [6.07, 6.45) is 2.94. The van der Waals surface area contributed by atoms with Crippen molar-refractivity contribution in [2.24, 2.45) is 0 Å². The Balaban J connectivity index is 1.94. The first-order chi connectivity index (χ1) is 8.08. The summed E-state index contributed by atoms with van der Waals surface area (Å²) in [5.41, 5.74) is 0. The molecule has 1 atom stereocenters. The Kier molecular flexibility index (Phi) is 3.75. The number of nitrogens with zero attached hydrogens (tertiary/aromatic N) is 3. The SMILES string of the molecule is CN(Cc1ncn[nH]1)S(=O)(=O)CC1CCCO1. The van der Waals surface area contributed by atoms with E-state index in [0.717, 1.165) is 12.8 Å². The van der Waals surface area contributed by atoms with Gasteiger partial charge in [-0.2, -0.15) is 9.40 Å². The van der Waals surface area contributed by atoms with Gasteiger partial charge in [-0.15, -0.1) is 0 Å². The van der Waals surface area contributed by atoms with Gasteiger partial charge in [0, 0.05) is 13.7 Å². The predicted octanol–water partition coefficient (Wildman–Crippen LogP) is -0.255. The standard InChI is InChI=1S/C9H16N4O3S/c1-13(5-9-10-7-11-12-9)17(14,15)6-8-3-2-4-16-8/h7-8H,2-6H2,1H3,(H,10,11,12). The minimum Gasteiger partial charge on any atom is -0.377 e. The van der Waals surface area contributed by atoms with Crippen molar-refractivity contribution >= 4 is 10.0 Å². The molecule has 0 saturated carbocycles. The van der Waals surface area contributed by atoms with E-state index < -0.39 is 10.0 Å². The molecule has 96 valence electrons. The van der Waals surface area contributed by atoms with Crippen molar-refractivity contribution in [2.45, 2.75) is 25.5 Å². The molecule has 0 amide bonds. The van der Waals surface area contributed by atoms with E-state index in [0.29, 0.717) is 12.4 Å². The van der Waals surface area contributed by atoms with Crippen molar-refractivity contribution < 1.29 is 13.2 Å². The molecule has 0 bridgehead atoms. The number of hydrogen-bond acceptors (Lipinski definition) is 5. The van der Waals surface area contributed by atoms with Gasteiger partial charge in [-0.05, 0) is 12.8 Å². The Hall–Kier alpha value is -0.990. The summed E-state index contributed by atoms with van der Waals surface area (Å²) in [6, 6.07) is 0. The molecule has 0 radical (unpaired) electrons. The molecule has 0 spiro atoms. The summed E-state index contributed by atoms with van der Waals surface area (Å²) in [4.78, 5) is 3.90. The maximum absolute atomic E-state index is 12.0. The first-order valence-electron chi connectivity index (χ1n) is 5.48. The summed E-state index contributed by atoms with van der Waals surface area (Å²) >= 11 is 0. The summed E-state index contributed by atoms with van der Waals surface area (Å²) in [6.45, 7) is 0.862. The predicted molar refractivity (Wildman–Crippen MR) is 60.6 cm³/mol. The third kappa shape index (κ3) is 3.24. The van der Waals surface area contributed by atoms with Gasteiger partial charge in [0.2, 0.25) is 10.0 Å². The third-order valence-electron chi connectivity index (χ3n) is 2.73. The first-order valence-corrected chi connectivity index (χ1v) is 7.09. The fourth-order valence-corrected chi connectivity index (χ4v) is 3.06. The Bertz CT molecular complexity index is 439. The zero-order valence-corrected chi connectivity index (χ0v) is 10.5. The highest BCUT2D eigenvalue weighted by molar-refractivity contribution is 7.89. The highest BCUT2D eigenvalue weighted by Crippen LogP contribution is 2.16. The van der Waals surface area contributed by atoms with Crippen molar-refractivity contribution in [2.75, 3.05) is 19.4 Å². The molecule has 0 aromatic carbocycles. The highest BCUT2D eigenvalue weighted by atomic mass is 32.2. The number of aromatic amines is 1. The molecule has 1 saturated heterocycles. The van der Waals surface area contributed by atoms with E-state index in [1.54, 1.807) is 0 Å². The van der Waals surface area contributed by atoms with Crippen LogP contribution in [-0.4, -0.2) is 53.4 Å². The van der Waals surface area contributed by atoms with Gasteiger partial charge in [0.15, 0.2) is 0 Å². The molecule has 2 heterocycles. The number of ether oxygens (including phenoxy) is 1. The number of nitrogens with one attached hydrogen (secondary N) is 1. The lowest BCUT2D eigenvalue weighted by molar-refractivity contribution is 0.126. The Morgan fingerprint density at radius 1 is 1.65 bits per heavy atom. The molecule has 8 heteroatoms. The lowest BCUT2D eigenvalue weighted by Gasteiger charge is -2.18. The van der Waals surface area contributed by atoms with Crippen molar-refractivity contribution in [3.8, 4) is 0 Å². The van der Waals surface area contributed by atoms with Crippen molar-refractivity contribution in [3.05, 3.63) is 12.2 Å². The van der Waals surface area contributed by atoms with Crippen LogP contribution in [0.3, 0.4) is 0 Å². The fraction of sp³-hybridized carbons (Fsp3) is 0.778. The van der Waals surface area contributed by atoms with E-state index in [4.69, 9.17) is 4.74 Å². The average Bonchev–Trinajstić information content (AvgIpc) is 2.90. The third-order valence-corrected chi connectivity index (χ3v) is 4.60. The number of aromatic nitrogens is 3. The Morgan fingerprint density at radius 3 is 3.06 bits per heavy atom. The van der Waals surface area contributed by atoms with Gasteiger partial charge >= 0.3 is 0 Å². The van der Waals surface area contributed by atoms with Crippen LogP contribution in [0.5, 0.6) is 0 Å². The van der Waals surface area contributed by atoms with Gasteiger partial charge in [-0.25, -0.2) is 13.4 Å². The van der Waals surface area contributed by atoms with Crippen LogP contribution in [0.1, 0.15) is 18.7 Å². The van der Waals surface area contributed by atoms with Gasteiger partial charge in [0.25, 0.3) is 0 Å². The smallest absolute Gasteiger partial charge is 0.216 e. The molecule has 1 aromatic rings. The molecular weight excluding hydrogens is 244 g/mol. The maximum Gasteiger partial charge on any atom is 0.216 e. The van der Waals surface area contributed by atoms with Crippen LogP contribution in [0.4, 0.5) is 0 Å². The second kappa shape index (κ2) is 5.11. The maximum atomic E-state index is 12.0. The summed E-state index contributed by atoms with van der Waals surface area (Å²) < 4.78 is 30.6. The van der Waals surface area contributed by atoms with E-state index in [1.165, 1.54) is 17.7 Å². The van der Waals surface area contributed by atoms with Gasteiger partial charge in [0.1, 0.15) is 12.2 Å². The second-order valence-corrected chi connectivity index (χ2v) is 6.22. The van der Waals surface area contributed by atoms with Crippen molar-refractivity contribution in [1.82, 2.24) is 19.5 Å². The van der Waals surface area contributed by atoms with Crippen LogP contribution in [0.25, 0.3) is 0 Å². The number of sulfonamides is 1. The van der Waals surface area contributed by atoms with E-state index in [2.05, 4.69) is 15.2 Å². The molecule has 2 rings (SSSR count). The van der Waals surface area contributed by atoms with Crippen LogP contribution >= 0.6 is 0 Å². The summed E-state index contributed by atoms with van der Waals surface area (Å²) in [7, 11) is -1.76. The van der Waals surface area contributed by atoms with Crippen LogP contribution in [0.15, 0.2) is 6.33 Å². The van der Waals surface area contributed by atoms with E-state index in [1.807, 2.05) is 0 Å². The van der Waals surface area contributed by atoms with Crippen LogP contribution < -0.4 is 0 Å². The quantitative estimate of drug-likeness (QED) is 0.788.